The second-order valence-corrected chi connectivity index (χ2v) is 4.68. The molecule has 0 amide bonds. The summed E-state index contributed by atoms with van der Waals surface area (Å²) in [6, 6.07) is 6.99. The maximum absolute atomic E-state index is 10.7. The maximum Gasteiger partial charge on any atom is 1.00 e. The molecule has 0 fully saturated rings. The first-order chi connectivity index (χ1) is 5.93. The smallest absolute Gasteiger partial charge is 0.747 e. The van der Waals surface area contributed by atoms with E-state index in [1.54, 1.807) is 25.1 Å². The Kier molecular flexibility index (Phi) is 5.33. The van der Waals surface area contributed by atoms with Crippen LogP contribution in [0.3, 0.4) is 0 Å². The summed E-state index contributed by atoms with van der Waals surface area (Å²) in [6.07, 6.45) is 0. The van der Waals surface area contributed by atoms with E-state index in [1.165, 1.54) is 6.92 Å². The van der Waals surface area contributed by atoms with Gasteiger partial charge in [-0.25, -0.2) is 8.42 Å². The van der Waals surface area contributed by atoms with E-state index >= 15 is 0 Å². The van der Waals surface area contributed by atoms with E-state index < -0.39 is 15.4 Å². The molecular formula is C9H11NaO3S. The van der Waals surface area contributed by atoms with Gasteiger partial charge < -0.3 is 4.55 Å². The molecule has 5 heteroatoms. The van der Waals surface area contributed by atoms with E-state index in [9.17, 15) is 13.0 Å². The van der Waals surface area contributed by atoms with Crippen molar-refractivity contribution in [3.8, 4) is 0 Å². The molecule has 0 saturated carbocycles. The minimum Gasteiger partial charge on any atom is -0.747 e. The van der Waals surface area contributed by atoms with Gasteiger partial charge in [-0.15, -0.1) is 0 Å². The molecule has 1 unspecified atom stereocenters. The first-order valence-corrected chi connectivity index (χ1v) is 5.40. The fourth-order valence-electron chi connectivity index (χ4n) is 1.20. The SMILES string of the molecule is Cc1ccccc1C(C)S(=O)(=O)[O-].[Na+]. The van der Waals surface area contributed by atoms with Gasteiger partial charge in [0.15, 0.2) is 0 Å². The third-order valence-corrected chi connectivity index (χ3v) is 3.18. The zero-order valence-electron chi connectivity index (χ0n) is 8.52. The average molecular weight is 222 g/mol. The largest absolute Gasteiger partial charge is 1.00 e. The van der Waals surface area contributed by atoms with Gasteiger partial charge in [-0.1, -0.05) is 24.3 Å². The minimum atomic E-state index is -4.23. The molecule has 0 aliphatic carbocycles. The summed E-state index contributed by atoms with van der Waals surface area (Å²) in [5.41, 5.74) is 1.41. The predicted octanol–water partition coefficient (Wildman–Crippen LogP) is -1.39. The molecule has 0 aliphatic heterocycles. The van der Waals surface area contributed by atoms with Crippen LogP contribution < -0.4 is 29.6 Å². The van der Waals surface area contributed by atoms with Crippen LogP contribution in [-0.2, 0) is 10.1 Å². The number of hydrogen-bond donors (Lipinski definition) is 0. The van der Waals surface area contributed by atoms with Gasteiger partial charge in [0.1, 0.15) is 10.1 Å². The second kappa shape index (κ2) is 5.28. The van der Waals surface area contributed by atoms with Crippen LogP contribution >= 0.6 is 0 Å². The number of hydrogen-bond acceptors (Lipinski definition) is 3. The topological polar surface area (TPSA) is 57.2 Å². The van der Waals surface area contributed by atoms with Crippen molar-refractivity contribution < 1.29 is 42.5 Å². The van der Waals surface area contributed by atoms with Crippen LogP contribution in [0.1, 0.15) is 23.3 Å². The molecule has 0 bridgehead atoms. The normalized spacial score (nSPS) is 13.1. The van der Waals surface area contributed by atoms with Gasteiger partial charge in [-0.05, 0) is 25.0 Å². The van der Waals surface area contributed by atoms with Gasteiger partial charge in [0.05, 0.1) is 5.25 Å². The van der Waals surface area contributed by atoms with Crippen molar-refractivity contribution in [2.24, 2.45) is 0 Å². The zero-order chi connectivity index (χ0) is 10.1. The molecule has 1 atom stereocenters. The van der Waals surface area contributed by atoms with Gasteiger partial charge in [0.2, 0.25) is 0 Å². The summed E-state index contributed by atoms with van der Waals surface area (Å²) in [4.78, 5) is 0. The molecule has 0 saturated heterocycles. The van der Waals surface area contributed by atoms with Crippen molar-refractivity contribution in [1.82, 2.24) is 0 Å². The molecule has 0 spiro atoms. The number of rotatable bonds is 2. The Labute approximate surface area is 107 Å². The Morgan fingerprint density at radius 2 is 1.79 bits per heavy atom. The monoisotopic (exact) mass is 222 g/mol. The van der Waals surface area contributed by atoms with Crippen LogP contribution in [0.4, 0.5) is 0 Å². The molecule has 0 radical (unpaired) electrons. The van der Waals surface area contributed by atoms with Crippen LogP contribution in [0, 0.1) is 6.92 Å². The van der Waals surface area contributed by atoms with Gasteiger partial charge >= 0.3 is 29.6 Å². The molecule has 72 valence electrons. The fourth-order valence-corrected chi connectivity index (χ4v) is 1.77. The molecule has 1 aromatic rings. The molecule has 0 heterocycles. The third kappa shape index (κ3) is 3.37. The molecule has 1 aromatic carbocycles. The number of benzene rings is 1. The Morgan fingerprint density at radius 1 is 1.29 bits per heavy atom. The van der Waals surface area contributed by atoms with Crippen molar-refractivity contribution in [3.63, 3.8) is 0 Å². The Morgan fingerprint density at radius 3 is 2.21 bits per heavy atom. The summed E-state index contributed by atoms with van der Waals surface area (Å²) >= 11 is 0. The Bertz CT molecular complexity index is 400. The van der Waals surface area contributed by atoms with Crippen LogP contribution in [0.25, 0.3) is 0 Å². The van der Waals surface area contributed by atoms with Crippen LogP contribution in [-0.4, -0.2) is 13.0 Å². The summed E-state index contributed by atoms with van der Waals surface area (Å²) in [7, 11) is -4.23. The first-order valence-electron chi connectivity index (χ1n) is 3.93. The van der Waals surface area contributed by atoms with E-state index in [0.29, 0.717) is 5.56 Å². The van der Waals surface area contributed by atoms with E-state index in [4.69, 9.17) is 0 Å². The van der Waals surface area contributed by atoms with Gasteiger partial charge in [-0.3, -0.25) is 0 Å². The van der Waals surface area contributed by atoms with E-state index in [0.717, 1.165) is 5.56 Å². The van der Waals surface area contributed by atoms with E-state index in [2.05, 4.69) is 0 Å². The maximum atomic E-state index is 10.7. The van der Waals surface area contributed by atoms with Crippen LogP contribution in [0.15, 0.2) is 24.3 Å². The molecular weight excluding hydrogens is 211 g/mol. The van der Waals surface area contributed by atoms with Crippen molar-refractivity contribution in [1.29, 1.82) is 0 Å². The summed E-state index contributed by atoms with van der Waals surface area (Å²) in [6.45, 7) is 3.20. The van der Waals surface area contributed by atoms with Gasteiger partial charge in [0, 0.05) is 0 Å². The van der Waals surface area contributed by atoms with Crippen LogP contribution in [0.5, 0.6) is 0 Å². The van der Waals surface area contributed by atoms with Gasteiger partial charge in [-0.2, -0.15) is 0 Å². The van der Waals surface area contributed by atoms with Gasteiger partial charge in [0.25, 0.3) is 0 Å². The van der Waals surface area contributed by atoms with Crippen LogP contribution in [0.2, 0.25) is 0 Å². The molecule has 1 rings (SSSR count). The zero-order valence-corrected chi connectivity index (χ0v) is 11.3. The first kappa shape index (κ1) is 14.1. The minimum absolute atomic E-state index is 0. The van der Waals surface area contributed by atoms with Crippen molar-refractivity contribution >= 4 is 10.1 Å². The molecule has 14 heavy (non-hydrogen) atoms. The Hall–Kier alpha value is 0.130. The average Bonchev–Trinajstić information content (AvgIpc) is 2.02. The Balaban J connectivity index is 0.00000169. The molecule has 3 nitrogen and oxygen atoms in total. The van der Waals surface area contributed by atoms with Crippen molar-refractivity contribution in [3.05, 3.63) is 35.4 Å². The van der Waals surface area contributed by atoms with Crippen molar-refractivity contribution in [2.75, 3.05) is 0 Å². The fraction of sp³-hybridized carbons (Fsp3) is 0.333. The summed E-state index contributed by atoms with van der Waals surface area (Å²) in [5.74, 6) is 0. The van der Waals surface area contributed by atoms with E-state index in [1.807, 2.05) is 6.07 Å². The second-order valence-electron chi connectivity index (χ2n) is 2.99. The summed E-state index contributed by atoms with van der Waals surface area (Å²) < 4.78 is 32.2. The molecule has 0 aliphatic rings. The molecule has 0 N–H and O–H groups in total. The standard InChI is InChI=1S/C9H12O3S.Na/c1-7-5-3-4-6-9(7)8(2)13(10,11)12;/h3-6,8H,1-2H3,(H,10,11,12);/q;+1/p-1. The predicted molar refractivity (Wildman–Crippen MR) is 49.3 cm³/mol. The third-order valence-electron chi connectivity index (χ3n) is 2.06. The summed E-state index contributed by atoms with van der Waals surface area (Å²) in [5, 5.41) is -0.964. The van der Waals surface area contributed by atoms with Crippen molar-refractivity contribution in [2.45, 2.75) is 19.1 Å². The quantitative estimate of drug-likeness (QED) is 0.457. The number of aryl methyl sites for hydroxylation is 1. The molecule has 0 aromatic heterocycles. The van der Waals surface area contributed by atoms with E-state index in [-0.39, 0.29) is 29.6 Å².